The normalized spacial score (nSPS) is 35.8. The van der Waals surface area contributed by atoms with Gasteiger partial charge in [-0.05, 0) is 74.5 Å². The van der Waals surface area contributed by atoms with Crippen molar-refractivity contribution in [1.82, 2.24) is 4.90 Å². The molecule has 4 fully saturated rings. The Morgan fingerprint density at radius 1 is 0.935 bits per heavy atom. The van der Waals surface area contributed by atoms with Crippen LogP contribution in [0.3, 0.4) is 0 Å². The Kier molecular flexibility index (Phi) is 6.10. The molecule has 0 spiro atoms. The van der Waals surface area contributed by atoms with E-state index in [0.717, 1.165) is 41.2 Å². The summed E-state index contributed by atoms with van der Waals surface area (Å²) >= 11 is 0. The van der Waals surface area contributed by atoms with Crippen molar-refractivity contribution in [2.24, 2.45) is 11.8 Å². The van der Waals surface area contributed by atoms with Crippen LogP contribution in [0.5, 0.6) is 0 Å². The van der Waals surface area contributed by atoms with Gasteiger partial charge in [0.2, 0.25) is 0 Å². The number of aliphatic carboxylic acids is 1. The van der Waals surface area contributed by atoms with Gasteiger partial charge in [-0.3, -0.25) is 4.90 Å². The van der Waals surface area contributed by atoms with Gasteiger partial charge >= 0.3 is 5.97 Å². The zero-order valence-electron chi connectivity index (χ0n) is 19.0. The number of hydrogen-bond acceptors (Lipinski definition) is 3. The maximum Gasteiger partial charge on any atom is 0.328 e. The van der Waals surface area contributed by atoms with Crippen molar-refractivity contribution < 1.29 is 9.90 Å². The average molecular weight is 423 g/mol. The van der Waals surface area contributed by atoms with Crippen molar-refractivity contribution in [3.05, 3.63) is 35.9 Å². The van der Waals surface area contributed by atoms with E-state index < -0.39 is 5.97 Å². The van der Waals surface area contributed by atoms with E-state index in [9.17, 15) is 4.79 Å². The number of piperidine rings is 2. The highest BCUT2D eigenvalue weighted by atomic mass is 16.4. The number of para-hydroxylation sites is 1. The second kappa shape index (κ2) is 8.97. The van der Waals surface area contributed by atoms with Gasteiger partial charge < -0.3 is 10.0 Å². The summed E-state index contributed by atoms with van der Waals surface area (Å²) in [6, 6.07) is 11.1. The monoisotopic (exact) mass is 422 g/mol. The number of carboxylic acids is 1. The Hall–Kier alpha value is -1.81. The fourth-order valence-corrected chi connectivity index (χ4v) is 7.55. The molecule has 2 aliphatic heterocycles. The number of carboxylic acid groups (broad SMARTS) is 1. The summed E-state index contributed by atoms with van der Waals surface area (Å²) in [6.45, 7) is 0. The quantitative estimate of drug-likeness (QED) is 0.630. The fraction of sp³-hybridized carbons (Fsp3) is 0.667. The van der Waals surface area contributed by atoms with Crippen LogP contribution in [0, 0.1) is 11.8 Å². The van der Waals surface area contributed by atoms with Gasteiger partial charge in [0.15, 0.2) is 0 Å². The van der Waals surface area contributed by atoms with E-state index in [1.54, 1.807) is 6.08 Å². The summed E-state index contributed by atoms with van der Waals surface area (Å²) in [4.78, 5) is 16.5. The van der Waals surface area contributed by atoms with Gasteiger partial charge in [-0.15, -0.1) is 0 Å². The maximum absolute atomic E-state index is 11.0. The van der Waals surface area contributed by atoms with Crippen LogP contribution in [0.15, 0.2) is 30.3 Å². The first-order valence-corrected chi connectivity index (χ1v) is 12.6. The first-order valence-electron chi connectivity index (χ1n) is 12.6. The van der Waals surface area contributed by atoms with Gasteiger partial charge in [0.1, 0.15) is 0 Å². The lowest BCUT2D eigenvalue weighted by atomic mass is 9.68. The molecule has 1 aromatic carbocycles. The smallest absolute Gasteiger partial charge is 0.328 e. The standard InChI is InChI=1S/C27H38N2O2/c1-28(26-11-3-2-8-21(26)12-13-27(30)31)24-17-22-9-5-10-23(18-24)29(22)25-15-19-6-4-7-20(14-19)16-25/h2-3,8,11-13,19-20,22-25H,4-7,9-10,14-18H2,1H3,(H,30,31)/b13-12+. The SMILES string of the molecule is CN(c1ccccc1/C=C/C(=O)O)C1CC2CCCC(C1)N2C1CC2CCCC(C2)C1. The van der Waals surface area contributed by atoms with E-state index >= 15 is 0 Å². The third-order valence-corrected chi connectivity index (χ3v) is 8.80. The van der Waals surface area contributed by atoms with E-state index in [-0.39, 0.29) is 0 Å². The predicted molar refractivity (Wildman–Crippen MR) is 126 cm³/mol. The van der Waals surface area contributed by atoms with Crippen LogP contribution in [-0.2, 0) is 4.79 Å². The molecule has 1 N–H and O–H groups in total. The van der Waals surface area contributed by atoms with Crippen molar-refractivity contribution in [2.75, 3.05) is 11.9 Å². The topological polar surface area (TPSA) is 43.8 Å². The largest absolute Gasteiger partial charge is 0.478 e. The Morgan fingerprint density at radius 3 is 2.26 bits per heavy atom. The van der Waals surface area contributed by atoms with Crippen LogP contribution in [0.2, 0.25) is 0 Å². The van der Waals surface area contributed by atoms with Crippen molar-refractivity contribution in [3.63, 3.8) is 0 Å². The van der Waals surface area contributed by atoms with E-state index in [0.29, 0.717) is 6.04 Å². The summed E-state index contributed by atoms with van der Waals surface area (Å²) in [5.74, 6) is 1.09. The summed E-state index contributed by atoms with van der Waals surface area (Å²) < 4.78 is 0. The molecular formula is C27H38N2O2. The molecule has 4 atom stereocenters. The highest BCUT2D eigenvalue weighted by Gasteiger charge is 2.45. The zero-order valence-corrected chi connectivity index (χ0v) is 19.0. The Balaban J connectivity index is 1.32. The van der Waals surface area contributed by atoms with Crippen LogP contribution < -0.4 is 4.90 Å². The van der Waals surface area contributed by atoms with Gasteiger partial charge in [-0.1, -0.05) is 43.9 Å². The lowest BCUT2D eigenvalue weighted by Crippen LogP contribution is -2.61. The number of hydrogen-bond donors (Lipinski definition) is 1. The molecule has 2 saturated heterocycles. The molecule has 4 unspecified atom stereocenters. The molecule has 2 aliphatic carbocycles. The van der Waals surface area contributed by atoms with E-state index in [1.165, 1.54) is 76.7 Å². The zero-order chi connectivity index (χ0) is 21.4. The molecule has 31 heavy (non-hydrogen) atoms. The molecule has 168 valence electrons. The van der Waals surface area contributed by atoms with Crippen LogP contribution in [0.25, 0.3) is 6.08 Å². The van der Waals surface area contributed by atoms with Gasteiger partial charge in [0, 0.05) is 43.0 Å². The van der Waals surface area contributed by atoms with Crippen LogP contribution in [-0.4, -0.2) is 47.2 Å². The summed E-state index contributed by atoms with van der Waals surface area (Å²) in [5, 5.41) is 9.07. The molecule has 5 rings (SSSR count). The Morgan fingerprint density at radius 2 is 1.58 bits per heavy atom. The first-order chi connectivity index (χ1) is 15.1. The Bertz CT molecular complexity index is 795. The summed E-state index contributed by atoms with van der Waals surface area (Å²) in [5.41, 5.74) is 2.16. The second-order valence-electron chi connectivity index (χ2n) is 10.7. The number of anilines is 1. The second-order valence-corrected chi connectivity index (χ2v) is 10.7. The number of rotatable bonds is 5. The molecule has 4 bridgehead atoms. The highest BCUT2D eigenvalue weighted by Crippen LogP contribution is 2.46. The lowest BCUT2D eigenvalue weighted by molar-refractivity contribution is -0.131. The van der Waals surface area contributed by atoms with Gasteiger partial charge in [0.25, 0.3) is 0 Å². The predicted octanol–water partition coefficient (Wildman–Crippen LogP) is 5.57. The van der Waals surface area contributed by atoms with Crippen molar-refractivity contribution in [3.8, 4) is 0 Å². The number of carbonyl (C=O) groups is 1. The lowest BCUT2D eigenvalue weighted by Gasteiger charge is -2.56. The number of benzene rings is 1. The molecule has 4 heteroatoms. The fourth-order valence-electron chi connectivity index (χ4n) is 7.55. The van der Waals surface area contributed by atoms with Crippen LogP contribution in [0.1, 0.15) is 76.2 Å². The average Bonchev–Trinajstić information content (AvgIpc) is 2.76. The molecule has 1 aromatic rings. The third-order valence-electron chi connectivity index (χ3n) is 8.80. The maximum atomic E-state index is 11.0. The van der Waals surface area contributed by atoms with Crippen LogP contribution >= 0.6 is 0 Å². The minimum atomic E-state index is -0.891. The Labute approximate surface area is 187 Å². The third kappa shape index (κ3) is 4.41. The van der Waals surface area contributed by atoms with Crippen molar-refractivity contribution in [1.29, 1.82) is 0 Å². The highest BCUT2D eigenvalue weighted by molar-refractivity contribution is 5.87. The van der Waals surface area contributed by atoms with E-state index in [2.05, 4.69) is 29.0 Å². The number of nitrogens with zero attached hydrogens (tertiary/aromatic N) is 2. The summed E-state index contributed by atoms with van der Waals surface area (Å²) in [6.07, 6.45) is 18.4. The molecular weight excluding hydrogens is 384 g/mol. The molecule has 2 heterocycles. The van der Waals surface area contributed by atoms with E-state index in [4.69, 9.17) is 5.11 Å². The van der Waals surface area contributed by atoms with Gasteiger partial charge in [0.05, 0.1) is 0 Å². The molecule has 2 saturated carbocycles. The minimum Gasteiger partial charge on any atom is -0.478 e. The molecule has 0 amide bonds. The van der Waals surface area contributed by atoms with Crippen molar-refractivity contribution in [2.45, 2.75) is 94.8 Å². The van der Waals surface area contributed by atoms with E-state index in [1.807, 2.05) is 12.1 Å². The molecule has 0 radical (unpaired) electrons. The minimum absolute atomic E-state index is 0.536. The molecule has 4 nitrogen and oxygen atoms in total. The molecule has 4 aliphatic rings. The first kappa shape index (κ1) is 21.1. The summed E-state index contributed by atoms with van der Waals surface area (Å²) in [7, 11) is 2.22. The van der Waals surface area contributed by atoms with Gasteiger partial charge in [-0.2, -0.15) is 0 Å². The van der Waals surface area contributed by atoms with Gasteiger partial charge in [-0.25, -0.2) is 4.79 Å². The molecule has 0 aromatic heterocycles. The van der Waals surface area contributed by atoms with Crippen LogP contribution in [0.4, 0.5) is 5.69 Å². The number of fused-ring (bicyclic) bond motifs is 4. The van der Waals surface area contributed by atoms with Crippen molar-refractivity contribution >= 4 is 17.7 Å².